The largest absolute Gasteiger partial charge is 0.307 e. The summed E-state index contributed by atoms with van der Waals surface area (Å²) in [6.45, 7) is 12.0. The maximum atomic E-state index is 4.47. The molecule has 17 heavy (non-hydrogen) atoms. The minimum Gasteiger partial charge on any atom is -0.307 e. The number of hydrogen-bond donors (Lipinski definition) is 1. The van der Waals surface area contributed by atoms with Crippen molar-refractivity contribution >= 4 is 0 Å². The van der Waals surface area contributed by atoms with Gasteiger partial charge in [-0.05, 0) is 33.1 Å². The van der Waals surface area contributed by atoms with Crippen LogP contribution in [0.5, 0.6) is 0 Å². The zero-order valence-corrected chi connectivity index (χ0v) is 12.2. The van der Waals surface area contributed by atoms with Gasteiger partial charge in [0.25, 0.3) is 0 Å². The molecule has 0 amide bonds. The molecule has 1 heterocycles. The van der Waals surface area contributed by atoms with Gasteiger partial charge in [0.1, 0.15) is 0 Å². The summed E-state index contributed by atoms with van der Waals surface area (Å²) >= 11 is 0. The molecule has 98 valence electrons. The van der Waals surface area contributed by atoms with Crippen LogP contribution >= 0.6 is 0 Å². The third-order valence-electron chi connectivity index (χ3n) is 4.33. The minimum atomic E-state index is 0.286. The lowest BCUT2D eigenvalue weighted by molar-refractivity contribution is 0.287. The van der Waals surface area contributed by atoms with Crippen molar-refractivity contribution in [3.8, 4) is 0 Å². The molecule has 0 atom stereocenters. The van der Waals surface area contributed by atoms with E-state index in [1.165, 1.54) is 30.5 Å². The lowest BCUT2D eigenvalue weighted by Gasteiger charge is -2.32. The van der Waals surface area contributed by atoms with Crippen molar-refractivity contribution in [2.45, 2.75) is 66.0 Å². The van der Waals surface area contributed by atoms with Crippen molar-refractivity contribution in [3.05, 3.63) is 17.0 Å². The predicted molar refractivity (Wildman–Crippen MR) is 73.1 cm³/mol. The topological polar surface area (TPSA) is 29.9 Å². The number of nitrogens with one attached hydrogen (secondary N) is 1. The summed E-state index contributed by atoms with van der Waals surface area (Å²) in [6, 6.07) is 0. The molecular formula is C14H27N3. The molecule has 0 saturated heterocycles. The molecule has 0 aliphatic carbocycles. The van der Waals surface area contributed by atoms with Gasteiger partial charge in [-0.1, -0.05) is 20.8 Å². The van der Waals surface area contributed by atoms with Gasteiger partial charge in [0.15, 0.2) is 0 Å². The maximum absolute atomic E-state index is 4.47. The van der Waals surface area contributed by atoms with Crippen molar-refractivity contribution < 1.29 is 0 Å². The van der Waals surface area contributed by atoms with E-state index in [-0.39, 0.29) is 5.54 Å². The molecule has 0 aliphatic heterocycles. The Labute approximate surface area is 106 Å². The van der Waals surface area contributed by atoms with E-state index < -0.39 is 0 Å². The highest BCUT2D eigenvalue weighted by Gasteiger charge is 2.23. The molecule has 0 spiro atoms. The first kappa shape index (κ1) is 14.2. The molecule has 0 saturated carbocycles. The normalized spacial score (nSPS) is 12.1. The van der Waals surface area contributed by atoms with Crippen LogP contribution < -0.4 is 5.32 Å². The first-order chi connectivity index (χ1) is 7.99. The molecule has 0 aromatic carbocycles. The van der Waals surface area contributed by atoms with Crippen molar-refractivity contribution in [2.24, 2.45) is 7.05 Å². The summed E-state index contributed by atoms with van der Waals surface area (Å²) in [5.74, 6) is 0. The van der Waals surface area contributed by atoms with Crippen molar-refractivity contribution in [3.63, 3.8) is 0 Å². The van der Waals surface area contributed by atoms with Crippen LogP contribution in [0.25, 0.3) is 0 Å². The van der Waals surface area contributed by atoms with Crippen LogP contribution in [0.2, 0.25) is 0 Å². The van der Waals surface area contributed by atoms with Gasteiger partial charge in [0.2, 0.25) is 0 Å². The fourth-order valence-corrected chi connectivity index (χ4v) is 2.47. The van der Waals surface area contributed by atoms with Gasteiger partial charge in [-0.25, -0.2) is 0 Å². The zero-order valence-electron chi connectivity index (χ0n) is 12.2. The number of rotatable bonds is 6. The van der Waals surface area contributed by atoms with Crippen LogP contribution in [-0.2, 0) is 13.6 Å². The van der Waals surface area contributed by atoms with Gasteiger partial charge in [-0.3, -0.25) is 4.68 Å². The van der Waals surface area contributed by atoms with Gasteiger partial charge in [0, 0.05) is 30.4 Å². The first-order valence-electron chi connectivity index (χ1n) is 6.73. The molecular weight excluding hydrogens is 210 g/mol. The number of aromatic nitrogens is 2. The molecule has 0 bridgehead atoms. The Morgan fingerprint density at radius 2 is 1.65 bits per heavy atom. The molecule has 1 N–H and O–H groups in total. The Balaban J connectivity index is 2.79. The fourth-order valence-electron chi connectivity index (χ4n) is 2.47. The molecule has 0 radical (unpaired) electrons. The maximum Gasteiger partial charge on any atom is 0.0641 e. The number of aryl methyl sites for hydroxylation is 2. The Bertz CT molecular complexity index is 354. The summed E-state index contributed by atoms with van der Waals surface area (Å²) < 4.78 is 1.97. The highest BCUT2D eigenvalue weighted by Crippen LogP contribution is 2.21. The lowest BCUT2D eigenvalue weighted by atomic mass is 9.89. The van der Waals surface area contributed by atoms with Crippen LogP contribution in [0.3, 0.4) is 0 Å². The summed E-state index contributed by atoms with van der Waals surface area (Å²) in [5, 5.41) is 8.21. The Morgan fingerprint density at radius 1 is 1.12 bits per heavy atom. The second kappa shape index (κ2) is 5.67. The Hall–Kier alpha value is -0.830. The molecule has 0 unspecified atom stereocenters. The van der Waals surface area contributed by atoms with E-state index in [4.69, 9.17) is 0 Å². The van der Waals surface area contributed by atoms with E-state index in [2.05, 4.69) is 45.0 Å². The van der Waals surface area contributed by atoms with Crippen LogP contribution in [-0.4, -0.2) is 15.3 Å². The van der Waals surface area contributed by atoms with Crippen molar-refractivity contribution in [2.75, 3.05) is 0 Å². The third kappa shape index (κ3) is 2.89. The second-order valence-electron chi connectivity index (χ2n) is 4.97. The molecule has 1 aromatic rings. The fraction of sp³-hybridized carbons (Fsp3) is 0.786. The van der Waals surface area contributed by atoms with E-state index in [9.17, 15) is 0 Å². The standard InChI is InChI=1S/C14H27N3/c1-7-14(8-2,9-3)15-10-13-11(4)16-17(6)12(13)5/h15H,7-10H2,1-6H3. The third-order valence-corrected chi connectivity index (χ3v) is 4.33. The summed E-state index contributed by atoms with van der Waals surface area (Å²) in [5.41, 5.74) is 4.06. The summed E-state index contributed by atoms with van der Waals surface area (Å²) in [7, 11) is 2.01. The quantitative estimate of drug-likeness (QED) is 0.824. The average Bonchev–Trinajstić information content (AvgIpc) is 2.57. The van der Waals surface area contributed by atoms with Gasteiger partial charge in [-0.2, -0.15) is 5.10 Å². The van der Waals surface area contributed by atoms with Gasteiger partial charge in [0.05, 0.1) is 5.69 Å². The van der Waals surface area contributed by atoms with Gasteiger partial charge >= 0.3 is 0 Å². The Morgan fingerprint density at radius 3 is 2.00 bits per heavy atom. The summed E-state index contributed by atoms with van der Waals surface area (Å²) in [6.07, 6.45) is 3.54. The molecule has 3 nitrogen and oxygen atoms in total. The van der Waals surface area contributed by atoms with Gasteiger partial charge in [-0.15, -0.1) is 0 Å². The average molecular weight is 237 g/mol. The van der Waals surface area contributed by atoms with Crippen LogP contribution in [0.4, 0.5) is 0 Å². The Kier molecular flexibility index (Phi) is 4.75. The number of hydrogen-bond acceptors (Lipinski definition) is 2. The van der Waals surface area contributed by atoms with Crippen molar-refractivity contribution in [1.82, 2.24) is 15.1 Å². The van der Waals surface area contributed by atoms with E-state index in [1.807, 2.05) is 11.7 Å². The first-order valence-corrected chi connectivity index (χ1v) is 6.73. The monoisotopic (exact) mass is 237 g/mol. The molecule has 1 rings (SSSR count). The molecule has 0 aliphatic rings. The summed E-state index contributed by atoms with van der Waals surface area (Å²) in [4.78, 5) is 0. The highest BCUT2D eigenvalue weighted by molar-refractivity contribution is 5.24. The highest BCUT2D eigenvalue weighted by atomic mass is 15.3. The zero-order chi connectivity index (χ0) is 13.1. The molecule has 0 fully saturated rings. The van der Waals surface area contributed by atoms with E-state index in [1.54, 1.807) is 0 Å². The van der Waals surface area contributed by atoms with Crippen LogP contribution in [0.1, 0.15) is 57.0 Å². The van der Waals surface area contributed by atoms with E-state index in [0.717, 1.165) is 12.2 Å². The van der Waals surface area contributed by atoms with E-state index in [0.29, 0.717) is 0 Å². The predicted octanol–water partition coefficient (Wildman–Crippen LogP) is 3.10. The van der Waals surface area contributed by atoms with Gasteiger partial charge < -0.3 is 5.32 Å². The number of nitrogens with zero attached hydrogens (tertiary/aromatic N) is 2. The minimum absolute atomic E-state index is 0.286. The smallest absolute Gasteiger partial charge is 0.0641 e. The van der Waals surface area contributed by atoms with Crippen molar-refractivity contribution in [1.29, 1.82) is 0 Å². The van der Waals surface area contributed by atoms with Crippen LogP contribution in [0, 0.1) is 13.8 Å². The molecule has 3 heteroatoms. The van der Waals surface area contributed by atoms with Crippen LogP contribution in [0.15, 0.2) is 0 Å². The SMILES string of the molecule is CCC(CC)(CC)NCc1c(C)nn(C)c1C. The lowest BCUT2D eigenvalue weighted by Crippen LogP contribution is -2.43. The van der Waals surface area contributed by atoms with E-state index >= 15 is 0 Å². The molecule has 1 aromatic heterocycles. The second-order valence-corrected chi connectivity index (χ2v) is 4.97.